The molecule has 3 aromatic heterocycles. The van der Waals surface area contributed by atoms with Crippen LogP contribution in [0.5, 0.6) is 0 Å². The third kappa shape index (κ3) is 4.50. The molecule has 9 heteroatoms. The number of carbonyl (C=O) groups is 1. The molecule has 0 saturated carbocycles. The van der Waals surface area contributed by atoms with E-state index in [1.165, 1.54) is 40.2 Å². The van der Waals surface area contributed by atoms with Crippen LogP contribution in [0.4, 0.5) is 4.39 Å². The second-order valence-corrected chi connectivity index (χ2v) is 9.28. The van der Waals surface area contributed by atoms with Crippen molar-refractivity contribution in [1.29, 1.82) is 0 Å². The molecule has 0 radical (unpaired) electrons. The maximum atomic E-state index is 13.5. The van der Waals surface area contributed by atoms with Crippen LogP contribution < -0.4 is 16.6 Å². The molecule has 0 saturated heterocycles. The van der Waals surface area contributed by atoms with Crippen molar-refractivity contribution in [2.75, 3.05) is 0 Å². The summed E-state index contributed by atoms with van der Waals surface area (Å²) in [6, 6.07) is 16.9. The van der Waals surface area contributed by atoms with Crippen molar-refractivity contribution in [2.24, 2.45) is 0 Å². The summed E-state index contributed by atoms with van der Waals surface area (Å²) in [5, 5.41) is 3.49. The fourth-order valence-corrected chi connectivity index (χ4v) is 5.04. The number of aromatic nitrogens is 3. The quantitative estimate of drug-likeness (QED) is 0.396. The molecular weight excluding hydrogens is 467 g/mol. The van der Waals surface area contributed by atoms with Crippen molar-refractivity contribution >= 4 is 37.7 Å². The number of thiophene rings is 1. The molecule has 2 aromatic carbocycles. The summed E-state index contributed by atoms with van der Waals surface area (Å²) in [6.45, 7) is 2.01. The number of fused-ring (bicyclic) bond motifs is 3. The zero-order valence-corrected chi connectivity index (χ0v) is 19.6. The number of benzene rings is 2. The molecule has 0 atom stereocenters. The van der Waals surface area contributed by atoms with Crippen LogP contribution in [0, 0.1) is 12.7 Å². The van der Waals surface area contributed by atoms with Gasteiger partial charge < -0.3 is 5.32 Å². The van der Waals surface area contributed by atoms with Crippen molar-refractivity contribution in [1.82, 2.24) is 19.4 Å². The Labute approximate surface area is 203 Å². The van der Waals surface area contributed by atoms with Gasteiger partial charge in [0.15, 0.2) is 0 Å². The maximum absolute atomic E-state index is 13.5. The highest BCUT2D eigenvalue weighted by molar-refractivity contribution is 7.25. The first-order valence-electron chi connectivity index (χ1n) is 11.0. The van der Waals surface area contributed by atoms with E-state index in [1.807, 2.05) is 31.2 Å². The van der Waals surface area contributed by atoms with Crippen LogP contribution in [0.2, 0.25) is 0 Å². The number of amides is 1. The van der Waals surface area contributed by atoms with Crippen LogP contribution in [0.25, 0.3) is 20.4 Å². The van der Waals surface area contributed by atoms with Gasteiger partial charge in [-0.3, -0.25) is 18.7 Å². The molecule has 0 unspecified atom stereocenters. The van der Waals surface area contributed by atoms with Gasteiger partial charge in [0.1, 0.15) is 21.9 Å². The minimum absolute atomic E-state index is 0.0411. The molecule has 1 amide bonds. The molecule has 0 bridgehead atoms. The monoisotopic (exact) mass is 488 g/mol. The molecule has 3 heterocycles. The van der Waals surface area contributed by atoms with E-state index < -0.39 is 17.1 Å². The highest BCUT2D eigenvalue weighted by Gasteiger charge is 2.20. The Morgan fingerprint density at radius 1 is 1.00 bits per heavy atom. The Bertz CT molecular complexity index is 1670. The Hall–Kier alpha value is -4.11. The first kappa shape index (κ1) is 22.7. The van der Waals surface area contributed by atoms with Crippen LogP contribution in [-0.2, 0) is 24.4 Å². The van der Waals surface area contributed by atoms with E-state index in [2.05, 4.69) is 10.3 Å². The maximum Gasteiger partial charge on any atom is 0.332 e. The van der Waals surface area contributed by atoms with Crippen LogP contribution in [0.15, 0.2) is 76.4 Å². The summed E-state index contributed by atoms with van der Waals surface area (Å²) in [5.74, 6) is -0.765. The largest absolute Gasteiger partial charge is 0.350 e. The van der Waals surface area contributed by atoms with E-state index in [0.717, 1.165) is 15.7 Å². The Kier molecular flexibility index (Phi) is 6.00. The highest BCUT2D eigenvalue weighted by Crippen LogP contribution is 2.29. The minimum Gasteiger partial charge on any atom is -0.350 e. The van der Waals surface area contributed by atoms with E-state index in [-0.39, 0.29) is 19.0 Å². The second kappa shape index (κ2) is 9.27. The average molecular weight is 489 g/mol. The number of halogens is 1. The smallest absolute Gasteiger partial charge is 0.332 e. The summed E-state index contributed by atoms with van der Waals surface area (Å²) in [6.07, 6.45) is 1.62. The van der Waals surface area contributed by atoms with Gasteiger partial charge in [0, 0.05) is 18.1 Å². The Morgan fingerprint density at radius 2 is 1.71 bits per heavy atom. The normalized spacial score (nSPS) is 11.3. The summed E-state index contributed by atoms with van der Waals surface area (Å²) in [4.78, 5) is 44.7. The van der Waals surface area contributed by atoms with E-state index in [4.69, 9.17) is 0 Å². The summed E-state index contributed by atoms with van der Waals surface area (Å²) in [7, 11) is 0. The molecule has 0 spiro atoms. The van der Waals surface area contributed by atoms with Crippen LogP contribution in [-0.4, -0.2) is 20.0 Å². The number of nitrogens with one attached hydrogen (secondary N) is 1. The number of hydrogen-bond acceptors (Lipinski definition) is 5. The molecule has 5 rings (SSSR count). The predicted molar refractivity (Wildman–Crippen MR) is 134 cm³/mol. The van der Waals surface area contributed by atoms with E-state index in [9.17, 15) is 18.8 Å². The first-order chi connectivity index (χ1) is 16.9. The van der Waals surface area contributed by atoms with Crippen molar-refractivity contribution in [3.05, 3.63) is 110 Å². The van der Waals surface area contributed by atoms with Gasteiger partial charge in [0.25, 0.3) is 5.56 Å². The lowest BCUT2D eigenvalue weighted by atomic mass is 10.1. The molecule has 7 nitrogen and oxygen atoms in total. The van der Waals surface area contributed by atoms with Crippen molar-refractivity contribution in [3.8, 4) is 0 Å². The number of pyridine rings is 1. The van der Waals surface area contributed by atoms with Gasteiger partial charge in [0.2, 0.25) is 5.91 Å². The summed E-state index contributed by atoms with van der Waals surface area (Å²) < 4.78 is 16.1. The third-order valence-electron chi connectivity index (χ3n) is 5.78. The SMILES string of the molecule is Cc1ccc(CNC(=O)Cn2c(=O)n(Cc3ccc(F)cc3)c(=O)c3sc4ncccc4c32)cc1. The molecule has 1 N–H and O–H groups in total. The molecule has 0 aliphatic rings. The van der Waals surface area contributed by atoms with Gasteiger partial charge in [-0.2, -0.15) is 0 Å². The van der Waals surface area contributed by atoms with Gasteiger partial charge in [-0.15, -0.1) is 11.3 Å². The average Bonchev–Trinajstić information content (AvgIpc) is 3.25. The number of hydrogen-bond donors (Lipinski definition) is 1. The number of aryl methyl sites for hydroxylation is 1. The highest BCUT2D eigenvalue weighted by atomic mass is 32.1. The van der Waals surface area contributed by atoms with Crippen LogP contribution in [0.3, 0.4) is 0 Å². The van der Waals surface area contributed by atoms with E-state index >= 15 is 0 Å². The van der Waals surface area contributed by atoms with Gasteiger partial charge in [0.05, 0.1) is 12.1 Å². The summed E-state index contributed by atoms with van der Waals surface area (Å²) >= 11 is 1.18. The minimum atomic E-state index is -0.610. The van der Waals surface area contributed by atoms with Crippen LogP contribution in [0.1, 0.15) is 16.7 Å². The molecule has 0 fully saturated rings. The molecule has 35 heavy (non-hydrogen) atoms. The standard InChI is InChI=1S/C26H21FN4O3S/c1-16-4-6-17(7-5-16)13-29-21(32)15-30-22-20-3-2-12-28-24(20)35-23(22)25(33)31(26(30)34)14-18-8-10-19(27)11-9-18/h2-12H,13-15H2,1H3,(H,29,32). The fourth-order valence-electron chi connectivity index (χ4n) is 3.95. The van der Waals surface area contributed by atoms with Gasteiger partial charge in [-0.1, -0.05) is 42.0 Å². The van der Waals surface area contributed by atoms with Gasteiger partial charge in [-0.25, -0.2) is 14.2 Å². The Morgan fingerprint density at radius 3 is 2.46 bits per heavy atom. The molecular formula is C26H21FN4O3S. The molecule has 0 aliphatic carbocycles. The zero-order valence-electron chi connectivity index (χ0n) is 18.8. The summed E-state index contributed by atoms with van der Waals surface area (Å²) in [5.41, 5.74) is 1.98. The number of carbonyl (C=O) groups excluding carboxylic acids is 1. The zero-order chi connectivity index (χ0) is 24.5. The van der Waals surface area contributed by atoms with E-state index in [1.54, 1.807) is 18.3 Å². The first-order valence-corrected chi connectivity index (χ1v) is 11.8. The second-order valence-electron chi connectivity index (χ2n) is 8.28. The number of rotatable bonds is 6. The lowest BCUT2D eigenvalue weighted by molar-refractivity contribution is -0.121. The molecule has 5 aromatic rings. The lowest BCUT2D eigenvalue weighted by Crippen LogP contribution is -2.42. The third-order valence-corrected chi connectivity index (χ3v) is 6.87. The lowest BCUT2D eigenvalue weighted by Gasteiger charge is -2.13. The van der Waals surface area contributed by atoms with Gasteiger partial charge >= 0.3 is 5.69 Å². The fraction of sp³-hybridized carbons (Fsp3) is 0.154. The van der Waals surface area contributed by atoms with Crippen molar-refractivity contribution in [3.63, 3.8) is 0 Å². The van der Waals surface area contributed by atoms with Crippen LogP contribution >= 0.6 is 11.3 Å². The van der Waals surface area contributed by atoms with Crippen molar-refractivity contribution in [2.45, 2.75) is 26.6 Å². The Balaban J connectivity index is 1.56. The number of nitrogens with zero attached hydrogens (tertiary/aromatic N) is 3. The van der Waals surface area contributed by atoms with Crippen molar-refractivity contribution < 1.29 is 9.18 Å². The molecule has 0 aliphatic heterocycles. The molecule has 176 valence electrons. The van der Waals surface area contributed by atoms with E-state index in [0.29, 0.717) is 32.5 Å². The van der Waals surface area contributed by atoms with Gasteiger partial charge in [-0.05, 0) is 42.3 Å². The topological polar surface area (TPSA) is 86.0 Å². The predicted octanol–water partition coefficient (Wildman–Crippen LogP) is 3.59.